The molecule has 0 bridgehead atoms. The molecule has 0 fully saturated rings. The van der Waals surface area contributed by atoms with Gasteiger partial charge in [-0.2, -0.15) is 21.6 Å². The van der Waals surface area contributed by atoms with Gasteiger partial charge in [0.15, 0.2) is 0 Å². The van der Waals surface area contributed by atoms with Crippen LogP contribution >= 0.6 is 7.92 Å². The summed E-state index contributed by atoms with van der Waals surface area (Å²) in [6.07, 6.45) is 0. The molecule has 0 aliphatic heterocycles. The summed E-state index contributed by atoms with van der Waals surface area (Å²) in [7, 11) is -1.45. The third kappa shape index (κ3) is 7.35. The minimum Gasteiger partial charge on any atom is -0.497 e. The molecule has 33 heavy (non-hydrogen) atoms. The van der Waals surface area contributed by atoms with Crippen molar-refractivity contribution in [2.75, 3.05) is 21.3 Å². The molecule has 0 atom stereocenters. The number of ether oxygens (including phenoxy) is 3. The molecule has 0 amide bonds. The highest BCUT2D eigenvalue weighted by molar-refractivity contribution is 7.86. The van der Waals surface area contributed by atoms with Crippen molar-refractivity contribution in [3.05, 3.63) is 72.8 Å². The van der Waals surface area contributed by atoms with Gasteiger partial charge in [0.2, 0.25) is 0 Å². The molecule has 0 unspecified atom stereocenters. The fraction of sp³-hybridized carbons (Fsp3) is 0.182. The molecule has 0 aliphatic carbocycles. The third-order valence-electron chi connectivity index (χ3n) is 4.28. The second kappa shape index (κ2) is 11.4. The van der Waals surface area contributed by atoms with E-state index in [1.54, 1.807) is 21.3 Å². The molecule has 0 saturated heterocycles. The normalized spacial score (nSPS) is 11.4. The first-order valence-electron chi connectivity index (χ1n) is 9.26. The molecule has 3 aromatic carbocycles. The third-order valence-corrected chi connectivity index (χ3v) is 7.31. The average Bonchev–Trinajstić information content (AvgIpc) is 2.80. The van der Waals surface area contributed by atoms with Crippen LogP contribution in [0.4, 0.5) is 13.2 Å². The topological polar surface area (TPSA) is 82.1 Å². The molecule has 178 valence electrons. The zero-order valence-electron chi connectivity index (χ0n) is 17.9. The summed E-state index contributed by atoms with van der Waals surface area (Å²) < 4.78 is 73.4. The van der Waals surface area contributed by atoms with Crippen molar-refractivity contribution < 1.29 is 40.4 Å². The van der Waals surface area contributed by atoms with E-state index in [0.29, 0.717) is 0 Å². The maximum atomic E-state index is 10.7. The first-order valence-corrected chi connectivity index (χ1v) is 12.0. The number of rotatable bonds is 6. The lowest BCUT2D eigenvalue weighted by Gasteiger charge is -2.20. The average molecular weight is 502 g/mol. The lowest BCUT2D eigenvalue weighted by Crippen LogP contribution is -2.21. The van der Waals surface area contributed by atoms with E-state index in [9.17, 15) is 13.2 Å². The fourth-order valence-corrected chi connectivity index (χ4v) is 4.88. The van der Waals surface area contributed by atoms with E-state index in [1.165, 1.54) is 15.9 Å². The minimum absolute atomic E-state index is 0.665. The van der Waals surface area contributed by atoms with Crippen molar-refractivity contribution in [3.63, 3.8) is 0 Å². The van der Waals surface area contributed by atoms with Gasteiger partial charge in [0, 0.05) is 0 Å². The number of halogens is 3. The fourth-order valence-electron chi connectivity index (χ4n) is 2.64. The summed E-state index contributed by atoms with van der Waals surface area (Å²) in [4.78, 5) is 0. The van der Waals surface area contributed by atoms with E-state index in [-0.39, 0.29) is 0 Å². The van der Waals surface area contributed by atoms with Gasteiger partial charge in [-0.1, -0.05) is 36.4 Å². The van der Waals surface area contributed by atoms with Crippen molar-refractivity contribution in [2.45, 2.75) is 5.51 Å². The minimum atomic E-state index is -5.84. The van der Waals surface area contributed by atoms with Gasteiger partial charge in [0.25, 0.3) is 0 Å². The molecule has 3 aromatic rings. The SMILES string of the molecule is COc1ccc(P(c2ccc(OC)cc2)c2ccc(OC)cc2)cc1.O=S(=O)(O)C(F)(F)F. The van der Waals surface area contributed by atoms with Crippen molar-refractivity contribution in [2.24, 2.45) is 0 Å². The number of alkyl halides is 3. The molecule has 3 rings (SSSR count). The van der Waals surface area contributed by atoms with Crippen molar-refractivity contribution in [3.8, 4) is 17.2 Å². The first kappa shape index (κ1) is 26.4. The largest absolute Gasteiger partial charge is 0.522 e. The van der Waals surface area contributed by atoms with E-state index >= 15 is 0 Å². The zero-order chi connectivity index (χ0) is 24.6. The van der Waals surface area contributed by atoms with Gasteiger partial charge in [0.05, 0.1) is 21.3 Å². The molecule has 6 nitrogen and oxygen atoms in total. The van der Waals surface area contributed by atoms with Crippen LogP contribution in [0.3, 0.4) is 0 Å². The Bertz CT molecular complexity index is 1000. The van der Waals surface area contributed by atoms with E-state index in [0.717, 1.165) is 17.2 Å². The lowest BCUT2D eigenvalue weighted by molar-refractivity contribution is -0.0510. The first-order chi connectivity index (χ1) is 15.5. The van der Waals surface area contributed by atoms with E-state index in [1.807, 2.05) is 36.4 Å². The quantitative estimate of drug-likeness (QED) is 0.313. The Kier molecular flexibility index (Phi) is 9.10. The van der Waals surface area contributed by atoms with Crippen molar-refractivity contribution >= 4 is 34.0 Å². The van der Waals surface area contributed by atoms with Gasteiger partial charge in [-0.15, -0.1) is 0 Å². The summed E-state index contributed by atoms with van der Waals surface area (Å²) >= 11 is 0. The summed E-state index contributed by atoms with van der Waals surface area (Å²) in [6.45, 7) is 0. The summed E-state index contributed by atoms with van der Waals surface area (Å²) in [5.41, 5.74) is -5.53. The summed E-state index contributed by atoms with van der Waals surface area (Å²) in [5.74, 6) is 2.59. The smallest absolute Gasteiger partial charge is 0.497 e. The van der Waals surface area contributed by atoms with Gasteiger partial charge < -0.3 is 14.2 Å². The van der Waals surface area contributed by atoms with E-state index in [4.69, 9.17) is 27.2 Å². The van der Waals surface area contributed by atoms with Gasteiger partial charge in [-0.3, -0.25) is 4.55 Å². The van der Waals surface area contributed by atoms with Gasteiger partial charge in [-0.05, 0) is 60.2 Å². The second-order valence-electron chi connectivity index (χ2n) is 6.35. The van der Waals surface area contributed by atoms with Crippen LogP contribution in [0.1, 0.15) is 0 Å². The Morgan fingerprint density at radius 1 is 0.636 bits per heavy atom. The lowest BCUT2D eigenvalue weighted by atomic mass is 10.3. The van der Waals surface area contributed by atoms with E-state index in [2.05, 4.69) is 36.4 Å². The maximum Gasteiger partial charge on any atom is 0.522 e. The highest BCUT2D eigenvalue weighted by atomic mass is 32.2. The maximum absolute atomic E-state index is 10.7. The molecule has 0 heterocycles. The van der Waals surface area contributed by atoms with Crippen LogP contribution in [0.25, 0.3) is 0 Å². The van der Waals surface area contributed by atoms with Crippen molar-refractivity contribution in [1.29, 1.82) is 0 Å². The number of hydrogen-bond donors (Lipinski definition) is 1. The molecule has 11 heteroatoms. The Morgan fingerprint density at radius 2 is 0.848 bits per heavy atom. The Morgan fingerprint density at radius 3 is 1.00 bits per heavy atom. The monoisotopic (exact) mass is 502 g/mol. The summed E-state index contributed by atoms with van der Waals surface area (Å²) in [5, 5.41) is 3.81. The molecule has 0 spiro atoms. The van der Waals surface area contributed by atoms with Gasteiger partial charge in [-0.25, -0.2) is 0 Å². The Hall–Kier alpha value is -2.81. The van der Waals surface area contributed by atoms with Crippen LogP contribution < -0.4 is 30.1 Å². The second-order valence-corrected chi connectivity index (χ2v) is 9.98. The van der Waals surface area contributed by atoms with Crippen LogP contribution in [0.2, 0.25) is 0 Å². The van der Waals surface area contributed by atoms with Gasteiger partial charge >= 0.3 is 15.6 Å². The van der Waals surface area contributed by atoms with Crippen LogP contribution in [-0.2, 0) is 10.1 Å². The molecular weight excluding hydrogens is 480 g/mol. The van der Waals surface area contributed by atoms with Crippen LogP contribution in [-0.4, -0.2) is 39.8 Å². The molecule has 0 aliphatic rings. The van der Waals surface area contributed by atoms with Crippen LogP contribution in [0, 0.1) is 0 Å². The zero-order valence-corrected chi connectivity index (χ0v) is 19.6. The van der Waals surface area contributed by atoms with E-state index < -0.39 is 23.5 Å². The van der Waals surface area contributed by atoms with Crippen LogP contribution in [0.5, 0.6) is 17.2 Å². The molecule has 1 N–H and O–H groups in total. The summed E-state index contributed by atoms with van der Waals surface area (Å²) in [6, 6.07) is 24.9. The molecule has 0 radical (unpaired) electrons. The highest BCUT2D eigenvalue weighted by Crippen LogP contribution is 2.34. The highest BCUT2D eigenvalue weighted by Gasteiger charge is 2.44. The number of benzene rings is 3. The molecule has 0 aromatic heterocycles. The number of methoxy groups -OCH3 is 3. The molecular formula is C22H22F3O6PS. The Balaban J connectivity index is 0.000000414. The van der Waals surface area contributed by atoms with Crippen LogP contribution in [0.15, 0.2) is 72.8 Å². The predicted octanol–water partition coefficient (Wildman–Crippen LogP) is 3.86. The van der Waals surface area contributed by atoms with Gasteiger partial charge in [0.1, 0.15) is 17.2 Å². The number of hydrogen-bond acceptors (Lipinski definition) is 5. The van der Waals surface area contributed by atoms with Crippen molar-refractivity contribution in [1.82, 2.24) is 0 Å². The standard InChI is InChI=1S/C21H21O3P.CHF3O3S/c1-22-16-4-10-19(11-5-16)25(20-12-6-17(23-2)7-13-20)21-14-8-18(24-3)9-15-21;2-1(3,4)8(5,6)7/h4-15H,1-3H3;(H,5,6,7). The molecule has 0 saturated carbocycles. The predicted molar refractivity (Wildman–Crippen MR) is 122 cm³/mol. The Labute approximate surface area is 191 Å².